The lowest BCUT2D eigenvalue weighted by atomic mass is 9.90. The molecule has 2 heterocycles. The van der Waals surface area contributed by atoms with Crippen LogP contribution in [0.1, 0.15) is 62.9 Å². The predicted molar refractivity (Wildman–Crippen MR) is 113 cm³/mol. The van der Waals surface area contributed by atoms with Crippen LogP contribution in [0.5, 0.6) is 5.75 Å². The zero-order chi connectivity index (χ0) is 22.9. The molecule has 2 fully saturated rings. The van der Waals surface area contributed by atoms with E-state index in [2.05, 4.69) is 16.7 Å². The number of likely N-dealkylation sites (tertiary alicyclic amines) is 1. The molecule has 174 valence electrons. The van der Waals surface area contributed by atoms with Crippen LogP contribution in [0.15, 0.2) is 35.1 Å². The van der Waals surface area contributed by atoms with Crippen molar-refractivity contribution in [3.8, 4) is 17.1 Å². The molecule has 1 aromatic heterocycles. The smallest absolute Gasteiger partial charge is 0.419 e. The molecule has 1 unspecified atom stereocenters. The highest BCUT2D eigenvalue weighted by Gasteiger charge is 2.38. The minimum Gasteiger partial charge on any atom is -0.493 e. The summed E-state index contributed by atoms with van der Waals surface area (Å²) in [6, 6.07) is 3.68. The summed E-state index contributed by atoms with van der Waals surface area (Å²) < 4.78 is 52.4. The van der Waals surface area contributed by atoms with E-state index in [-0.39, 0.29) is 29.1 Å². The lowest BCUT2D eigenvalue weighted by molar-refractivity contribution is -0.139. The Balaban J connectivity index is 1.57. The van der Waals surface area contributed by atoms with E-state index in [0.717, 1.165) is 38.2 Å². The molecule has 1 saturated heterocycles. The number of ether oxygens (including phenoxy) is 1. The molecule has 0 spiro atoms. The van der Waals surface area contributed by atoms with Gasteiger partial charge in [-0.2, -0.15) is 18.2 Å². The number of halogens is 3. The van der Waals surface area contributed by atoms with Crippen LogP contribution in [0, 0.1) is 11.8 Å². The van der Waals surface area contributed by atoms with E-state index in [9.17, 15) is 13.2 Å². The fraction of sp³-hybridized carbons (Fsp3) is 0.565. The largest absolute Gasteiger partial charge is 0.493 e. The number of benzene rings is 1. The molecular formula is C23H29F3N4O2. The number of rotatable bonds is 6. The van der Waals surface area contributed by atoms with Crippen LogP contribution in [0.25, 0.3) is 11.4 Å². The second-order valence-corrected chi connectivity index (χ2v) is 8.88. The van der Waals surface area contributed by atoms with Gasteiger partial charge in [-0.25, -0.2) is 0 Å². The summed E-state index contributed by atoms with van der Waals surface area (Å²) in [5.41, 5.74) is 5.27. The van der Waals surface area contributed by atoms with Gasteiger partial charge >= 0.3 is 6.18 Å². The highest BCUT2D eigenvalue weighted by atomic mass is 19.4. The maximum atomic E-state index is 13.8. The van der Waals surface area contributed by atoms with Crippen molar-refractivity contribution in [2.45, 2.75) is 57.7 Å². The third-order valence-electron chi connectivity index (χ3n) is 6.51. The van der Waals surface area contributed by atoms with E-state index >= 15 is 0 Å². The first-order valence-electron chi connectivity index (χ1n) is 11.1. The highest BCUT2D eigenvalue weighted by Crippen LogP contribution is 2.41. The Hall–Kier alpha value is -2.71. The van der Waals surface area contributed by atoms with E-state index in [1.165, 1.54) is 18.6 Å². The SMILES string of the molecule is C=C(N)N1CC[C@H](C)C1c1nc(-c2ccc(OCC3CCCCC3)c(C(F)(F)F)c2)no1. The molecule has 6 nitrogen and oxygen atoms in total. The topological polar surface area (TPSA) is 77.4 Å². The van der Waals surface area contributed by atoms with Crippen molar-refractivity contribution < 1.29 is 22.4 Å². The Kier molecular flexibility index (Phi) is 6.35. The predicted octanol–water partition coefficient (Wildman–Crippen LogP) is 5.53. The second-order valence-electron chi connectivity index (χ2n) is 8.88. The van der Waals surface area contributed by atoms with Crippen molar-refractivity contribution in [1.82, 2.24) is 15.0 Å². The molecule has 1 saturated carbocycles. The Labute approximate surface area is 185 Å². The van der Waals surface area contributed by atoms with Crippen molar-refractivity contribution in [3.05, 3.63) is 42.1 Å². The van der Waals surface area contributed by atoms with Gasteiger partial charge in [-0.1, -0.05) is 37.9 Å². The van der Waals surface area contributed by atoms with Crippen LogP contribution < -0.4 is 10.5 Å². The van der Waals surface area contributed by atoms with Gasteiger partial charge < -0.3 is 19.9 Å². The van der Waals surface area contributed by atoms with Gasteiger partial charge in [0.05, 0.1) is 18.0 Å². The normalized spacial score (nSPS) is 22.3. The van der Waals surface area contributed by atoms with Gasteiger partial charge in [0.2, 0.25) is 11.7 Å². The molecular weight excluding hydrogens is 421 g/mol. The van der Waals surface area contributed by atoms with E-state index in [1.54, 1.807) is 0 Å². The van der Waals surface area contributed by atoms with Crippen molar-refractivity contribution >= 4 is 0 Å². The summed E-state index contributed by atoms with van der Waals surface area (Å²) in [4.78, 5) is 6.27. The maximum absolute atomic E-state index is 13.8. The third-order valence-corrected chi connectivity index (χ3v) is 6.51. The molecule has 0 bridgehead atoms. The summed E-state index contributed by atoms with van der Waals surface area (Å²) in [7, 11) is 0. The summed E-state index contributed by atoms with van der Waals surface area (Å²) >= 11 is 0. The van der Waals surface area contributed by atoms with Gasteiger partial charge in [0.25, 0.3) is 0 Å². The number of hydrogen-bond acceptors (Lipinski definition) is 6. The van der Waals surface area contributed by atoms with Crippen LogP contribution in [-0.4, -0.2) is 28.2 Å². The summed E-state index contributed by atoms with van der Waals surface area (Å²) in [6.07, 6.45) is 1.71. The minimum atomic E-state index is -4.56. The molecule has 9 heteroatoms. The molecule has 32 heavy (non-hydrogen) atoms. The minimum absolute atomic E-state index is 0.103. The van der Waals surface area contributed by atoms with Gasteiger partial charge in [-0.05, 0) is 49.3 Å². The van der Waals surface area contributed by atoms with Crippen LogP contribution in [0.4, 0.5) is 13.2 Å². The Morgan fingerprint density at radius 1 is 1.25 bits per heavy atom. The molecule has 2 aromatic rings. The van der Waals surface area contributed by atoms with Gasteiger partial charge in [-0.3, -0.25) is 0 Å². The fourth-order valence-electron chi connectivity index (χ4n) is 4.70. The number of hydrogen-bond donors (Lipinski definition) is 1. The molecule has 2 atom stereocenters. The average Bonchev–Trinajstić information content (AvgIpc) is 3.39. The lowest BCUT2D eigenvalue weighted by Crippen LogP contribution is -2.28. The van der Waals surface area contributed by atoms with E-state index in [1.807, 2.05) is 11.8 Å². The third kappa shape index (κ3) is 4.71. The van der Waals surface area contributed by atoms with Gasteiger partial charge in [-0.15, -0.1) is 0 Å². The zero-order valence-corrected chi connectivity index (χ0v) is 18.2. The summed E-state index contributed by atoms with van der Waals surface area (Å²) in [5.74, 6) is 1.17. The standard InChI is InChI=1S/C23H29F3N4O2/c1-14-10-11-30(15(2)27)20(14)22-28-21(29-32-22)17-8-9-19(18(12-17)23(24,25)26)31-13-16-6-4-3-5-7-16/h8-9,12,14,16,20H,2-7,10-11,13,27H2,1H3/t14-,20?/m0/s1. The van der Waals surface area contributed by atoms with Crippen molar-refractivity contribution in [3.63, 3.8) is 0 Å². The van der Waals surface area contributed by atoms with Crippen LogP contribution in [0.3, 0.4) is 0 Å². The van der Waals surface area contributed by atoms with E-state index in [4.69, 9.17) is 15.0 Å². The number of nitrogens with two attached hydrogens (primary N) is 1. The van der Waals surface area contributed by atoms with Crippen molar-refractivity contribution in [2.24, 2.45) is 17.6 Å². The highest BCUT2D eigenvalue weighted by molar-refractivity contribution is 5.59. The first kappa shape index (κ1) is 22.5. The molecule has 0 radical (unpaired) electrons. The van der Waals surface area contributed by atoms with Crippen LogP contribution in [-0.2, 0) is 6.18 Å². The maximum Gasteiger partial charge on any atom is 0.419 e. The molecule has 1 aromatic carbocycles. The van der Waals surface area contributed by atoms with E-state index < -0.39 is 11.7 Å². The summed E-state index contributed by atoms with van der Waals surface area (Å²) in [6.45, 7) is 6.84. The molecule has 1 aliphatic heterocycles. The number of nitrogens with zero attached hydrogens (tertiary/aromatic N) is 3. The quantitative estimate of drug-likeness (QED) is 0.624. The molecule has 2 aliphatic rings. The Morgan fingerprint density at radius 3 is 2.69 bits per heavy atom. The van der Waals surface area contributed by atoms with Gasteiger partial charge in [0, 0.05) is 12.1 Å². The number of aromatic nitrogens is 2. The van der Waals surface area contributed by atoms with Crippen molar-refractivity contribution in [1.29, 1.82) is 0 Å². The average molecular weight is 451 g/mol. The fourth-order valence-corrected chi connectivity index (χ4v) is 4.70. The monoisotopic (exact) mass is 450 g/mol. The van der Waals surface area contributed by atoms with Crippen molar-refractivity contribution in [2.75, 3.05) is 13.2 Å². The summed E-state index contributed by atoms with van der Waals surface area (Å²) in [5, 5.41) is 3.94. The molecule has 0 amide bonds. The van der Waals surface area contributed by atoms with Crippen LogP contribution in [0.2, 0.25) is 0 Å². The first-order valence-corrected chi connectivity index (χ1v) is 11.1. The van der Waals surface area contributed by atoms with Gasteiger partial charge in [0.1, 0.15) is 11.8 Å². The Bertz CT molecular complexity index is 953. The Morgan fingerprint density at radius 2 is 2.00 bits per heavy atom. The lowest BCUT2D eigenvalue weighted by Gasteiger charge is -2.25. The van der Waals surface area contributed by atoms with Crippen LogP contribution >= 0.6 is 0 Å². The zero-order valence-electron chi connectivity index (χ0n) is 18.2. The number of alkyl halides is 3. The van der Waals surface area contributed by atoms with Gasteiger partial charge in [0.15, 0.2) is 0 Å². The molecule has 2 N–H and O–H groups in total. The second kappa shape index (κ2) is 9.03. The first-order chi connectivity index (χ1) is 15.2. The molecule has 4 rings (SSSR count). The molecule has 1 aliphatic carbocycles. The van der Waals surface area contributed by atoms with E-state index in [0.29, 0.717) is 30.8 Å².